The minimum atomic E-state index is -4.32. The maximum Gasteiger partial charge on any atom is 0.401 e. The molecule has 0 atom stereocenters. The lowest BCUT2D eigenvalue weighted by Crippen LogP contribution is -2.41. The van der Waals surface area contributed by atoms with Crippen LogP contribution in [-0.2, 0) is 4.79 Å². The topological polar surface area (TPSA) is 58.4 Å². The van der Waals surface area contributed by atoms with E-state index in [1.54, 1.807) is 6.07 Å². The maximum atomic E-state index is 12.5. The van der Waals surface area contributed by atoms with Gasteiger partial charge in [0.25, 0.3) is 0 Å². The van der Waals surface area contributed by atoms with Gasteiger partial charge < -0.3 is 11.1 Å². The van der Waals surface area contributed by atoms with E-state index < -0.39 is 18.6 Å². The Kier molecular flexibility index (Phi) is 4.63. The molecule has 0 bridgehead atoms. The second kappa shape index (κ2) is 6.11. The summed E-state index contributed by atoms with van der Waals surface area (Å²) in [5.41, 5.74) is 6.30. The fourth-order valence-corrected chi connectivity index (χ4v) is 2.23. The van der Waals surface area contributed by atoms with Crippen LogP contribution in [-0.4, -0.2) is 36.1 Å². The van der Waals surface area contributed by atoms with Crippen LogP contribution in [0, 0.1) is 0 Å². The van der Waals surface area contributed by atoms with E-state index in [-0.39, 0.29) is 17.6 Å². The number of nitrogens with two attached hydrogens (primary N) is 1. The quantitative estimate of drug-likeness (QED) is 0.820. The minimum absolute atomic E-state index is 0.167. The maximum absolute atomic E-state index is 12.5. The van der Waals surface area contributed by atoms with Gasteiger partial charge >= 0.3 is 6.18 Å². The molecule has 21 heavy (non-hydrogen) atoms. The summed E-state index contributed by atoms with van der Waals surface area (Å²) in [7, 11) is 0. The number of nitrogens with zero attached hydrogens (tertiary/aromatic N) is 1. The molecule has 0 saturated heterocycles. The van der Waals surface area contributed by atoms with Crippen molar-refractivity contribution in [3.05, 3.63) is 23.2 Å². The highest BCUT2D eigenvalue weighted by Gasteiger charge is 2.38. The molecule has 0 spiro atoms. The van der Waals surface area contributed by atoms with E-state index in [1.165, 1.54) is 12.1 Å². The summed E-state index contributed by atoms with van der Waals surface area (Å²) in [6.07, 6.45) is -2.94. The Bertz CT molecular complexity index is 532. The summed E-state index contributed by atoms with van der Waals surface area (Å²) in [5.74, 6) is -0.530. The molecule has 0 aliphatic heterocycles. The van der Waals surface area contributed by atoms with E-state index in [4.69, 9.17) is 17.3 Å². The van der Waals surface area contributed by atoms with E-state index in [2.05, 4.69) is 5.32 Å². The van der Waals surface area contributed by atoms with E-state index in [0.29, 0.717) is 24.2 Å². The van der Waals surface area contributed by atoms with Crippen LogP contribution in [0.2, 0.25) is 5.02 Å². The van der Waals surface area contributed by atoms with Gasteiger partial charge in [0.15, 0.2) is 0 Å². The predicted octanol–water partition coefficient (Wildman–Crippen LogP) is 2.89. The SMILES string of the molecule is Nc1ccc(NC(=O)CN(CC(F)(F)F)C2CC2)c(Cl)c1. The first-order valence-corrected chi connectivity index (χ1v) is 6.78. The zero-order valence-corrected chi connectivity index (χ0v) is 11.8. The number of nitrogen functional groups attached to an aromatic ring is 1. The van der Waals surface area contributed by atoms with Crippen LogP contribution >= 0.6 is 11.6 Å². The molecule has 0 radical (unpaired) electrons. The van der Waals surface area contributed by atoms with Crippen LogP contribution in [0.25, 0.3) is 0 Å². The van der Waals surface area contributed by atoms with Crippen LogP contribution < -0.4 is 11.1 Å². The van der Waals surface area contributed by atoms with Gasteiger partial charge in [-0.15, -0.1) is 0 Å². The smallest absolute Gasteiger partial charge is 0.399 e. The molecule has 2 rings (SSSR count). The summed E-state index contributed by atoms with van der Waals surface area (Å²) in [5, 5.41) is 2.75. The largest absolute Gasteiger partial charge is 0.401 e. The van der Waals surface area contributed by atoms with Crippen molar-refractivity contribution in [1.29, 1.82) is 0 Å². The normalized spacial score (nSPS) is 15.3. The van der Waals surface area contributed by atoms with E-state index in [9.17, 15) is 18.0 Å². The summed E-state index contributed by atoms with van der Waals surface area (Å²) in [6, 6.07) is 4.36. The Morgan fingerprint density at radius 2 is 2.10 bits per heavy atom. The van der Waals surface area contributed by atoms with Gasteiger partial charge in [-0.25, -0.2) is 0 Å². The van der Waals surface area contributed by atoms with Crippen molar-refractivity contribution in [3.63, 3.8) is 0 Å². The third kappa shape index (κ3) is 5.09. The number of anilines is 2. The van der Waals surface area contributed by atoms with Gasteiger partial charge in [-0.2, -0.15) is 13.2 Å². The molecular weight excluding hydrogens is 307 g/mol. The van der Waals surface area contributed by atoms with Gasteiger partial charge in [-0.1, -0.05) is 11.6 Å². The zero-order valence-electron chi connectivity index (χ0n) is 11.1. The van der Waals surface area contributed by atoms with Crippen molar-refractivity contribution in [3.8, 4) is 0 Å². The van der Waals surface area contributed by atoms with Crippen molar-refractivity contribution >= 4 is 28.9 Å². The predicted molar refractivity (Wildman–Crippen MR) is 75.1 cm³/mol. The molecule has 0 aromatic heterocycles. The monoisotopic (exact) mass is 321 g/mol. The second-order valence-corrected chi connectivity index (χ2v) is 5.45. The molecule has 4 nitrogen and oxygen atoms in total. The summed E-state index contributed by atoms with van der Waals surface area (Å²) in [4.78, 5) is 13.0. The number of alkyl halides is 3. The number of hydrogen-bond donors (Lipinski definition) is 2. The van der Waals surface area contributed by atoms with Crippen LogP contribution in [0.4, 0.5) is 24.5 Å². The highest BCUT2D eigenvalue weighted by Crippen LogP contribution is 2.30. The Labute approximate surface area is 125 Å². The fourth-order valence-electron chi connectivity index (χ4n) is 1.99. The number of halogens is 4. The first-order valence-electron chi connectivity index (χ1n) is 6.40. The molecule has 1 aromatic carbocycles. The molecule has 0 unspecified atom stereocenters. The van der Waals surface area contributed by atoms with E-state index >= 15 is 0 Å². The first-order chi connectivity index (χ1) is 9.74. The second-order valence-electron chi connectivity index (χ2n) is 5.04. The number of nitrogens with one attached hydrogen (secondary N) is 1. The average Bonchev–Trinajstić information content (AvgIpc) is 3.14. The highest BCUT2D eigenvalue weighted by atomic mass is 35.5. The molecule has 1 fully saturated rings. The van der Waals surface area contributed by atoms with Gasteiger partial charge in [-0.3, -0.25) is 9.69 Å². The average molecular weight is 322 g/mol. The number of carbonyl (C=O) groups is 1. The molecule has 1 amide bonds. The Hall–Kier alpha value is -1.47. The Balaban J connectivity index is 1.96. The molecule has 3 N–H and O–H groups in total. The lowest BCUT2D eigenvalue weighted by molar-refractivity contribution is -0.149. The molecule has 1 aromatic rings. The van der Waals surface area contributed by atoms with Crippen LogP contribution in [0.5, 0.6) is 0 Å². The van der Waals surface area contributed by atoms with Gasteiger partial charge in [0.2, 0.25) is 5.91 Å². The molecule has 8 heteroatoms. The van der Waals surface area contributed by atoms with Crippen molar-refractivity contribution < 1.29 is 18.0 Å². The number of benzene rings is 1. The number of carbonyl (C=O) groups excluding carboxylic acids is 1. The van der Waals surface area contributed by atoms with Gasteiger partial charge in [0.1, 0.15) is 0 Å². The number of amides is 1. The van der Waals surface area contributed by atoms with Crippen molar-refractivity contribution in [1.82, 2.24) is 4.90 Å². The summed E-state index contributed by atoms with van der Waals surface area (Å²) in [6.45, 7) is -1.40. The van der Waals surface area contributed by atoms with Crippen molar-refractivity contribution in [2.45, 2.75) is 25.1 Å². The molecular formula is C13H15ClF3N3O. The van der Waals surface area contributed by atoms with Gasteiger partial charge in [0, 0.05) is 11.7 Å². The van der Waals surface area contributed by atoms with Crippen LogP contribution in [0.3, 0.4) is 0 Å². The first kappa shape index (κ1) is 15.9. The fraction of sp³-hybridized carbons (Fsp3) is 0.462. The zero-order chi connectivity index (χ0) is 15.6. The summed E-state index contributed by atoms with van der Waals surface area (Å²) < 4.78 is 37.4. The van der Waals surface area contributed by atoms with Crippen LogP contribution in [0.15, 0.2) is 18.2 Å². The summed E-state index contributed by atoms with van der Waals surface area (Å²) >= 11 is 5.90. The lowest BCUT2D eigenvalue weighted by atomic mass is 10.3. The highest BCUT2D eigenvalue weighted by molar-refractivity contribution is 6.34. The van der Waals surface area contributed by atoms with Crippen molar-refractivity contribution in [2.24, 2.45) is 0 Å². The van der Waals surface area contributed by atoms with Crippen LogP contribution in [0.1, 0.15) is 12.8 Å². The molecule has 116 valence electrons. The molecule has 1 aliphatic rings. The van der Waals surface area contributed by atoms with Gasteiger partial charge in [0.05, 0.1) is 23.8 Å². The Morgan fingerprint density at radius 1 is 1.43 bits per heavy atom. The molecule has 1 aliphatic carbocycles. The molecule has 1 saturated carbocycles. The number of rotatable bonds is 5. The minimum Gasteiger partial charge on any atom is -0.399 e. The standard InChI is InChI=1S/C13H15ClF3N3O/c14-10-5-8(18)1-4-11(10)19-12(21)6-20(9-2-3-9)7-13(15,16)17/h1,4-5,9H,2-3,6-7,18H2,(H,19,21). The van der Waals surface area contributed by atoms with E-state index in [0.717, 1.165) is 4.90 Å². The number of hydrogen-bond acceptors (Lipinski definition) is 3. The van der Waals surface area contributed by atoms with E-state index in [1.807, 2.05) is 0 Å². The molecule has 0 heterocycles. The lowest BCUT2D eigenvalue weighted by Gasteiger charge is -2.22. The third-order valence-electron chi connectivity index (χ3n) is 3.06. The van der Waals surface area contributed by atoms with Gasteiger partial charge in [-0.05, 0) is 31.0 Å². The third-order valence-corrected chi connectivity index (χ3v) is 3.37. The van der Waals surface area contributed by atoms with Crippen molar-refractivity contribution in [2.75, 3.05) is 24.1 Å². The Morgan fingerprint density at radius 3 is 2.62 bits per heavy atom.